The highest BCUT2D eigenvalue weighted by molar-refractivity contribution is 5.77. The molecule has 0 atom stereocenters. The summed E-state index contributed by atoms with van der Waals surface area (Å²) in [4.78, 5) is 4.84. The Kier molecular flexibility index (Phi) is 3.68. The summed E-state index contributed by atoms with van der Waals surface area (Å²) in [6.45, 7) is 11.8. The van der Waals surface area contributed by atoms with Crippen LogP contribution >= 0.6 is 0 Å². The smallest absolute Gasteiger partial charge is 0.110 e. The average Bonchev–Trinajstić information content (AvgIpc) is 2.62. The van der Waals surface area contributed by atoms with Gasteiger partial charge in [0.2, 0.25) is 0 Å². The number of nitrogens with zero attached hydrogens (tertiary/aromatic N) is 2. The SMILES string of the molecule is CC(C)n1c(CC(C)(C)C)nc2cc(CN)ccc21. The van der Waals surface area contributed by atoms with Gasteiger partial charge in [-0.3, -0.25) is 0 Å². The lowest BCUT2D eigenvalue weighted by molar-refractivity contribution is 0.388. The monoisotopic (exact) mass is 259 g/mol. The van der Waals surface area contributed by atoms with Crippen LogP contribution < -0.4 is 5.73 Å². The summed E-state index contributed by atoms with van der Waals surface area (Å²) in [5.41, 5.74) is 9.38. The minimum absolute atomic E-state index is 0.241. The predicted octanol–water partition coefficient (Wildman–Crippen LogP) is 3.66. The highest BCUT2D eigenvalue weighted by Gasteiger charge is 2.19. The van der Waals surface area contributed by atoms with E-state index in [0.717, 1.165) is 17.5 Å². The van der Waals surface area contributed by atoms with E-state index in [1.54, 1.807) is 0 Å². The minimum atomic E-state index is 0.241. The molecule has 2 rings (SSSR count). The van der Waals surface area contributed by atoms with Crippen molar-refractivity contribution in [2.24, 2.45) is 11.1 Å². The first-order valence-electron chi connectivity index (χ1n) is 7.01. The van der Waals surface area contributed by atoms with Crippen molar-refractivity contribution in [3.05, 3.63) is 29.6 Å². The first-order valence-corrected chi connectivity index (χ1v) is 7.01. The van der Waals surface area contributed by atoms with Crippen LogP contribution in [0.3, 0.4) is 0 Å². The standard InChI is InChI=1S/C16H25N3/c1-11(2)19-14-7-6-12(10-17)8-13(14)18-15(19)9-16(3,4)5/h6-8,11H,9-10,17H2,1-5H3. The van der Waals surface area contributed by atoms with Crippen molar-refractivity contribution in [2.45, 2.75) is 53.6 Å². The molecule has 104 valence electrons. The molecule has 2 N–H and O–H groups in total. The zero-order valence-corrected chi connectivity index (χ0v) is 12.7. The molecular formula is C16H25N3. The molecule has 0 radical (unpaired) electrons. The fourth-order valence-corrected chi connectivity index (χ4v) is 2.50. The van der Waals surface area contributed by atoms with Gasteiger partial charge in [0.1, 0.15) is 5.82 Å². The number of rotatable bonds is 3. The molecule has 0 fully saturated rings. The number of hydrogen-bond donors (Lipinski definition) is 1. The Labute approximate surface area is 115 Å². The van der Waals surface area contributed by atoms with Gasteiger partial charge in [0.05, 0.1) is 11.0 Å². The fourth-order valence-electron chi connectivity index (χ4n) is 2.50. The highest BCUT2D eigenvalue weighted by atomic mass is 15.1. The van der Waals surface area contributed by atoms with Crippen LogP contribution in [0.2, 0.25) is 0 Å². The zero-order chi connectivity index (χ0) is 14.2. The number of benzene rings is 1. The zero-order valence-electron chi connectivity index (χ0n) is 12.7. The Hall–Kier alpha value is -1.35. The van der Waals surface area contributed by atoms with Crippen LogP contribution in [0.25, 0.3) is 11.0 Å². The second-order valence-electron chi connectivity index (χ2n) is 6.76. The minimum Gasteiger partial charge on any atom is -0.326 e. The number of fused-ring (bicyclic) bond motifs is 1. The summed E-state index contributed by atoms with van der Waals surface area (Å²) in [5.74, 6) is 1.17. The molecule has 2 aromatic rings. The van der Waals surface area contributed by atoms with Gasteiger partial charge in [-0.1, -0.05) is 26.8 Å². The number of imidazole rings is 1. The lowest BCUT2D eigenvalue weighted by Crippen LogP contribution is -2.15. The van der Waals surface area contributed by atoms with Crippen molar-refractivity contribution in [2.75, 3.05) is 0 Å². The maximum Gasteiger partial charge on any atom is 0.110 e. The summed E-state index contributed by atoms with van der Waals surface area (Å²) >= 11 is 0. The van der Waals surface area contributed by atoms with Crippen LogP contribution in [0, 0.1) is 5.41 Å². The number of nitrogens with two attached hydrogens (primary N) is 1. The Bertz CT molecular complexity index is 573. The van der Waals surface area contributed by atoms with Gasteiger partial charge in [0.25, 0.3) is 0 Å². The van der Waals surface area contributed by atoms with Crippen molar-refractivity contribution >= 4 is 11.0 Å². The maximum atomic E-state index is 5.71. The van der Waals surface area contributed by atoms with Gasteiger partial charge in [-0.05, 0) is 37.0 Å². The van der Waals surface area contributed by atoms with Crippen LogP contribution in [-0.4, -0.2) is 9.55 Å². The summed E-state index contributed by atoms with van der Waals surface area (Å²) in [6, 6.07) is 6.78. The lowest BCUT2D eigenvalue weighted by atomic mass is 9.92. The molecule has 0 spiro atoms. The number of hydrogen-bond acceptors (Lipinski definition) is 2. The Morgan fingerprint density at radius 1 is 1.26 bits per heavy atom. The molecule has 0 saturated heterocycles. The molecule has 0 unspecified atom stereocenters. The molecular weight excluding hydrogens is 234 g/mol. The molecule has 0 aliphatic carbocycles. The molecule has 0 aliphatic rings. The molecule has 0 aliphatic heterocycles. The molecule has 1 heterocycles. The highest BCUT2D eigenvalue weighted by Crippen LogP contribution is 2.27. The third-order valence-electron chi connectivity index (χ3n) is 3.27. The molecule has 0 bridgehead atoms. The van der Waals surface area contributed by atoms with E-state index in [1.807, 2.05) is 0 Å². The summed E-state index contributed by atoms with van der Waals surface area (Å²) in [6.07, 6.45) is 0.984. The van der Waals surface area contributed by atoms with E-state index in [9.17, 15) is 0 Å². The average molecular weight is 259 g/mol. The van der Waals surface area contributed by atoms with Gasteiger partial charge in [-0.25, -0.2) is 4.98 Å². The second-order valence-corrected chi connectivity index (χ2v) is 6.76. The molecule has 0 amide bonds. The van der Waals surface area contributed by atoms with E-state index in [4.69, 9.17) is 10.7 Å². The fraction of sp³-hybridized carbons (Fsp3) is 0.562. The molecule has 1 aromatic heterocycles. The Morgan fingerprint density at radius 3 is 2.47 bits per heavy atom. The topological polar surface area (TPSA) is 43.8 Å². The molecule has 0 saturated carbocycles. The van der Waals surface area contributed by atoms with Gasteiger partial charge >= 0.3 is 0 Å². The quantitative estimate of drug-likeness (QED) is 0.914. The van der Waals surface area contributed by atoms with Crippen LogP contribution in [0.15, 0.2) is 18.2 Å². The Balaban J connectivity index is 2.59. The van der Waals surface area contributed by atoms with Crippen molar-refractivity contribution in [3.63, 3.8) is 0 Å². The van der Waals surface area contributed by atoms with Crippen LogP contribution in [0.1, 0.15) is 52.0 Å². The summed E-state index contributed by atoms with van der Waals surface area (Å²) < 4.78 is 2.35. The van der Waals surface area contributed by atoms with Gasteiger partial charge in [-0.15, -0.1) is 0 Å². The van der Waals surface area contributed by atoms with Gasteiger partial charge < -0.3 is 10.3 Å². The third kappa shape index (κ3) is 2.98. The van der Waals surface area contributed by atoms with Crippen LogP contribution in [0.5, 0.6) is 0 Å². The van der Waals surface area contributed by atoms with Gasteiger partial charge in [-0.2, -0.15) is 0 Å². The van der Waals surface area contributed by atoms with E-state index < -0.39 is 0 Å². The first-order chi connectivity index (χ1) is 8.81. The summed E-state index contributed by atoms with van der Waals surface area (Å²) in [7, 11) is 0. The van der Waals surface area contributed by atoms with Gasteiger partial charge in [0.15, 0.2) is 0 Å². The van der Waals surface area contributed by atoms with E-state index in [1.165, 1.54) is 11.3 Å². The largest absolute Gasteiger partial charge is 0.326 e. The first kappa shape index (κ1) is 14.1. The maximum absolute atomic E-state index is 5.71. The van der Waals surface area contributed by atoms with Crippen molar-refractivity contribution in [3.8, 4) is 0 Å². The molecule has 3 heteroatoms. The van der Waals surface area contributed by atoms with Crippen LogP contribution in [-0.2, 0) is 13.0 Å². The van der Waals surface area contributed by atoms with E-state index in [2.05, 4.69) is 57.4 Å². The van der Waals surface area contributed by atoms with Crippen LogP contribution in [0.4, 0.5) is 0 Å². The van der Waals surface area contributed by atoms with E-state index in [0.29, 0.717) is 12.6 Å². The summed E-state index contributed by atoms with van der Waals surface area (Å²) in [5, 5.41) is 0. The second kappa shape index (κ2) is 4.97. The normalized spacial score (nSPS) is 12.6. The predicted molar refractivity (Wildman–Crippen MR) is 81.2 cm³/mol. The van der Waals surface area contributed by atoms with Gasteiger partial charge in [0, 0.05) is 19.0 Å². The van der Waals surface area contributed by atoms with Crippen molar-refractivity contribution in [1.29, 1.82) is 0 Å². The molecule has 3 nitrogen and oxygen atoms in total. The van der Waals surface area contributed by atoms with Crippen molar-refractivity contribution in [1.82, 2.24) is 9.55 Å². The van der Waals surface area contributed by atoms with E-state index in [-0.39, 0.29) is 5.41 Å². The third-order valence-corrected chi connectivity index (χ3v) is 3.27. The molecule has 19 heavy (non-hydrogen) atoms. The lowest BCUT2D eigenvalue weighted by Gasteiger charge is -2.20. The molecule has 1 aromatic carbocycles. The van der Waals surface area contributed by atoms with Crippen molar-refractivity contribution < 1.29 is 0 Å². The number of aromatic nitrogens is 2. The Morgan fingerprint density at radius 2 is 1.95 bits per heavy atom. The van der Waals surface area contributed by atoms with E-state index >= 15 is 0 Å².